The van der Waals surface area contributed by atoms with Crippen LogP contribution in [0.3, 0.4) is 0 Å². The summed E-state index contributed by atoms with van der Waals surface area (Å²) >= 11 is 12.3. The van der Waals surface area contributed by atoms with E-state index in [0.717, 1.165) is 44.5 Å². The fraction of sp³-hybridized carbons (Fsp3) is 0.457. The van der Waals surface area contributed by atoms with Gasteiger partial charge in [0.1, 0.15) is 11.5 Å². The Balaban J connectivity index is 1.23. The monoisotopic (exact) mass is 671 g/mol. The van der Waals surface area contributed by atoms with E-state index in [4.69, 9.17) is 27.9 Å². The highest BCUT2D eigenvalue weighted by molar-refractivity contribution is 7.91. The number of likely N-dealkylation sites (tertiary alicyclic amines) is 1. The van der Waals surface area contributed by atoms with E-state index in [1.54, 1.807) is 12.1 Å². The number of fused-ring (bicyclic) bond motifs is 2. The Morgan fingerprint density at radius 1 is 0.978 bits per heavy atom. The van der Waals surface area contributed by atoms with Crippen LogP contribution in [0.4, 0.5) is 4.79 Å². The molecule has 0 aromatic heterocycles. The first-order chi connectivity index (χ1) is 21.3. The molecule has 2 aliphatic heterocycles. The van der Waals surface area contributed by atoms with Crippen LogP contribution in [-0.2, 0) is 26.5 Å². The molecule has 0 aliphatic carbocycles. The first-order valence-electron chi connectivity index (χ1n) is 15.6. The molecule has 1 unspecified atom stereocenters. The van der Waals surface area contributed by atoms with Gasteiger partial charge >= 0.3 is 6.09 Å². The number of halogens is 2. The van der Waals surface area contributed by atoms with Crippen molar-refractivity contribution in [3.8, 4) is 0 Å². The number of rotatable bonds is 9. The summed E-state index contributed by atoms with van der Waals surface area (Å²) in [6.45, 7) is 10.1. The van der Waals surface area contributed by atoms with Gasteiger partial charge in [0.2, 0.25) is 0 Å². The van der Waals surface area contributed by atoms with E-state index in [9.17, 15) is 13.2 Å². The molecule has 1 amide bonds. The summed E-state index contributed by atoms with van der Waals surface area (Å²) in [6, 6.07) is 22.6. The SMILES string of the molecule is CC(C)(C)OC(=O)N1Cc2ccccc2C2(CCN(CCC(CNCS(=O)(=O)c3ccc(Cl)cc3)c3cccc(Cl)c3)CC2)C1. The molecule has 5 rings (SSSR count). The molecule has 0 bridgehead atoms. The maximum Gasteiger partial charge on any atom is 0.410 e. The van der Waals surface area contributed by atoms with E-state index >= 15 is 0 Å². The topological polar surface area (TPSA) is 79.0 Å². The molecule has 10 heteroatoms. The van der Waals surface area contributed by atoms with Crippen LogP contribution < -0.4 is 5.32 Å². The number of hydrogen-bond donors (Lipinski definition) is 1. The number of hydrogen-bond acceptors (Lipinski definition) is 6. The molecular weight excluding hydrogens is 629 g/mol. The van der Waals surface area contributed by atoms with Gasteiger partial charge in [-0.25, -0.2) is 13.2 Å². The molecule has 7 nitrogen and oxygen atoms in total. The van der Waals surface area contributed by atoms with Crippen molar-refractivity contribution in [1.82, 2.24) is 15.1 Å². The average molecular weight is 673 g/mol. The van der Waals surface area contributed by atoms with Crippen molar-refractivity contribution in [2.24, 2.45) is 0 Å². The lowest BCUT2D eigenvalue weighted by molar-refractivity contribution is 0.0105. The van der Waals surface area contributed by atoms with Crippen LogP contribution in [0.2, 0.25) is 10.0 Å². The van der Waals surface area contributed by atoms with Gasteiger partial charge in [-0.3, -0.25) is 0 Å². The number of carbonyl (C=O) groups is 1. The molecule has 1 N–H and O–H groups in total. The zero-order chi connectivity index (χ0) is 32.2. The minimum Gasteiger partial charge on any atom is -0.444 e. The number of nitrogens with zero attached hydrogens (tertiary/aromatic N) is 2. The minimum absolute atomic E-state index is 0.0815. The Bertz CT molecular complexity index is 1580. The van der Waals surface area contributed by atoms with Gasteiger partial charge in [0, 0.05) is 35.1 Å². The van der Waals surface area contributed by atoms with E-state index in [0.29, 0.717) is 29.7 Å². The predicted molar refractivity (Wildman–Crippen MR) is 181 cm³/mol. The molecule has 3 aromatic rings. The fourth-order valence-corrected chi connectivity index (χ4v) is 7.98. The van der Waals surface area contributed by atoms with Gasteiger partial charge < -0.3 is 19.9 Å². The Morgan fingerprint density at radius 3 is 2.38 bits per heavy atom. The van der Waals surface area contributed by atoms with E-state index < -0.39 is 15.4 Å². The lowest BCUT2D eigenvalue weighted by Gasteiger charge is -2.48. The smallest absolute Gasteiger partial charge is 0.410 e. The van der Waals surface area contributed by atoms with Gasteiger partial charge in [-0.2, -0.15) is 0 Å². The summed E-state index contributed by atoms with van der Waals surface area (Å²) in [6.07, 6.45) is 2.49. The number of benzene rings is 3. The Hall–Kier alpha value is -2.62. The zero-order valence-electron chi connectivity index (χ0n) is 26.3. The van der Waals surface area contributed by atoms with Gasteiger partial charge in [-0.15, -0.1) is 0 Å². The number of sulfone groups is 1. The van der Waals surface area contributed by atoms with Crippen LogP contribution in [-0.4, -0.2) is 68.5 Å². The molecular formula is C35H43Cl2N3O4S. The summed E-state index contributed by atoms with van der Waals surface area (Å²) in [5, 5.41) is 4.36. The Morgan fingerprint density at radius 2 is 1.69 bits per heavy atom. The third kappa shape index (κ3) is 8.60. The molecule has 1 fully saturated rings. The lowest BCUT2D eigenvalue weighted by Crippen LogP contribution is -2.54. The van der Waals surface area contributed by atoms with Crippen molar-refractivity contribution >= 4 is 39.1 Å². The highest BCUT2D eigenvalue weighted by Gasteiger charge is 2.43. The number of carbonyl (C=O) groups excluding carboxylic acids is 1. The molecule has 1 saturated heterocycles. The van der Waals surface area contributed by atoms with E-state index in [1.807, 2.05) is 49.9 Å². The molecule has 2 aliphatic rings. The number of ether oxygens (including phenoxy) is 1. The summed E-state index contributed by atoms with van der Waals surface area (Å²) in [4.78, 5) is 17.7. The molecule has 2 heterocycles. The predicted octanol–water partition coefficient (Wildman–Crippen LogP) is 7.27. The van der Waals surface area contributed by atoms with Gasteiger partial charge in [-0.1, -0.05) is 59.6 Å². The second kappa shape index (κ2) is 14.0. The minimum atomic E-state index is -3.50. The molecule has 0 saturated carbocycles. The van der Waals surface area contributed by atoms with E-state index in [-0.39, 0.29) is 28.2 Å². The summed E-state index contributed by atoms with van der Waals surface area (Å²) < 4.78 is 31.6. The second-order valence-electron chi connectivity index (χ2n) is 13.3. The normalized spacial score (nSPS) is 17.6. The van der Waals surface area contributed by atoms with Crippen molar-refractivity contribution < 1.29 is 17.9 Å². The summed E-state index contributed by atoms with van der Waals surface area (Å²) in [7, 11) is -3.50. The third-order valence-corrected chi connectivity index (χ3v) is 10.9. The average Bonchev–Trinajstić information content (AvgIpc) is 2.99. The van der Waals surface area contributed by atoms with E-state index in [1.165, 1.54) is 23.3 Å². The fourth-order valence-electron chi connectivity index (χ4n) is 6.55. The van der Waals surface area contributed by atoms with Crippen molar-refractivity contribution in [2.75, 3.05) is 38.6 Å². The van der Waals surface area contributed by atoms with Crippen LogP contribution in [0, 0.1) is 0 Å². The van der Waals surface area contributed by atoms with Crippen LogP contribution in [0.15, 0.2) is 77.7 Å². The van der Waals surface area contributed by atoms with Crippen molar-refractivity contribution in [3.63, 3.8) is 0 Å². The zero-order valence-corrected chi connectivity index (χ0v) is 28.6. The van der Waals surface area contributed by atoms with Crippen molar-refractivity contribution in [3.05, 3.63) is 99.5 Å². The second-order valence-corrected chi connectivity index (χ2v) is 16.2. The van der Waals surface area contributed by atoms with Crippen molar-refractivity contribution in [1.29, 1.82) is 0 Å². The molecule has 1 spiro atoms. The highest BCUT2D eigenvalue weighted by Crippen LogP contribution is 2.42. The first-order valence-corrected chi connectivity index (χ1v) is 18.0. The quantitative estimate of drug-likeness (QED) is 0.258. The van der Waals surface area contributed by atoms with Crippen LogP contribution in [0.5, 0.6) is 0 Å². The standard InChI is InChI=1S/C35H43Cl2N3O4S/c1-34(2,3)44-33(41)40-23-28-7-4-5-10-32(28)35(24-40)16-19-39(20-17-35)18-15-27(26-8-6-9-30(37)21-26)22-38-25-45(42,43)31-13-11-29(36)12-14-31/h4-14,21,27,38H,15-20,22-25H2,1-3H3. The molecule has 0 radical (unpaired) electrons. The van der Waals surface area contributed by atoms with Gasteiger partial charge in [0.25, 0.3) is 0 Å². The number of nitrogens with one attached hydrogen (secondary N) is 1. The number of amides is 1. The molecule has 242 valence electrons. The van der Waals surface area contributed by atoms with Crippen molar-refractivity contribution in [2.45, 2.75) is 68.4 Å². The first kappa shape index (κ1) is 33.7. The Kier molecular flexibility index (Phi) is 10.5. The molecule has 45 heavy (non-hydrogen) atoms. The maximum absolute atomic E-state index is 13.1. The van der Waals surface area contributed by atoms with Crippen LogP contribution in [0.25, 0.3) is 0 Å². The summed E-state index contributed by atoms with van der Waals surface area (Å²) in [5.74, 6) is -0.0797. The summed E-state index contributed by atoms with van der Waals surface area (Å²) in [5.41, 5.74) is 2.99. The molecule has 3 aromatic carbocycles. The van der Waals surface area contributed by atoms with Gasteiger partial charge in [-0.05, 0) is 119 Å². The molecule has 1 atom stereocenters. The maximum atomic E-state index is 13.1. The number of piperidine rings is 1. The Labute approximate surface area is 277 Å². The van der Waals surface area contributed by atoms with Gasteiger partial charge in [0.15, 0.2) is 9.84 Å². The van der Waals surface area contributed by atoms with Crippen LogP contribution in [0.1, 0.15) is 62.6 Å². The third-order valence-electron chi connectivity index (χ3n) is 8.88. The van der Waals surface area contributed by atoms with E-state index in [2.05, 4.69) is 34.5 Å². The van der Waals surface area contributed by atoms with Crippen LogP contribution >= 0.6 is 23.2 Å². The van der Waals surface area contributed by atoms with Gasteiger partial charge in [0.05, 0.1) is 4.90 Å². The highest BCUT2D eigenvalue weighted by atomic mass is 35.5. The largest absolute Gasteiger partial charge is 0.444 e. The lowest BCUT2D eigenvalue weighted by atomic mass is 9.69.